The van der Waals surface area contributed by atoms with Gasteiger partial charge in [-0.25, -0.2) is 4.39 Å². The summed E-state index contributed by atoms with van der Waals surface area (Å²) in [7, 11) is 0. The van der Waals surface area contributed by atoms with E-state index < -0.39 is 0 Å². The maximum atomic E-state index is 13.1. The van der Waals surface area contributed by atoms with Crippen molar-refractivity contribution in [3.05, 3.63) is 34.6 Å². The van der Waals surface area contributed by atoms with Crippen molar-refractivity contribution in [3.8, 4) is 0 Å². The van der Waals surface area contributed by atoms with Gasteiger partial charge in [0.05, 0.1) is 0 Å². The monoisotopic (exact) mass is 255 g/mol. The van der Waals surface area contributed by atoms with Gasteiger partial charge in [-0.05, 0) is 42.5 Å². The topological polar surface area (TPSA) is 12.0 Å². The average molecular weight is 256 g/mol. The van der Waals surface area contributed by atoms with E-state index in [0.29, 0.717) is 17.6 Å². The minimum Gasteiger partial charge on any atom is -0.310 e. The number of nitrogens with one attached hydrogen (secondary N) is 1. The fraction of sp³-hybridized carbons (Fsp3) is 0.571. The molecule has 1 aromatic rings. The highest BCUT2D eigenvalue weighted by Crippen LogP contribution is 2.24. The van der Waals surface area contributed by atoms with Crippen LogP contribution in [0.25, 0.3) is 0 Å². The first-order chi connectivity index (χ1) is 8.15. The molecule has 1 aromatic carbocycles. The SMILES string of the molecule is CC1CCCC(NCc2cc(F)ccc2Cl)C1. The molecule has 1 nitrogen and oxygen atoms in total. The third-order valence-corrected chi connectivity index (χ3v) is 3.89. The highest BCUT2D eigenvalue weighted by molar-refractivity contribution is 6.31. The van der Waals surface area contributed by atoms with Crippen LogP contribution in [-0.2, 0) is 6.54 Å². The fourth-order valence-electron chi connectivity index (χ4n) is 2.55. The summed E-state index contributed by atoms with van der Waals surface area (Å²) in [5.74, 6) is 0.576. The molecule has 0 aromatic heterocycles. The van der Waals surface area contributed by atoms with Gasteiger partial charge in [0.15, 0.2) is 0 Å². The van der Waals surface area contributed by atoms with Crippen LogP contribution in [0.1, 0.15) is 38.2 Å². The Morgan fingerprint density at radius 2 is 2.24 bits per heavy atom. The van der Waals surface area contributed by atoms with Crippen LogP contribution in [0.15, 0.2) is 18.2 Å². The zero-order valence-electron chi connectivity index (χ0n) is 10.2. The number of hydrogen-bond acceptors (Lipinski definition) is 1. The molecule has 2 rings (SSSR count). The molecule has 0 bridgehead atoms. The Morgan fingerprint density at radius 1 is 1.41 bits per heavy atom. The lowest BCUT2D eigenvalue weighted by Gasteiger charge is -2.27. The van der Waals surface area contributed by atoms with E-state index in [9.17, 15) is 4.39 Å². The summed E-state index contributed by atoms with van der Waals surface area (Å²) >= 11 is 6.04. The summed E-state index contributed by atoms with van der Waals surface area (Å²) in [6, 6.07) is 5.09. The molecule has 1 fully saturated rings. The van der Waals surface area contributed by atoms with Crippen LogP contribution < -0.4 is 5.32 Å². The molecule has 3 heteroatoms. The Balaban J connectivity index is 1.90. The number of hydrogen-bond donors (Lipinski definition) is 1. The van der Waals surface area contributed by atoms with Crippen LogP contribution in [0.5, 0.6) is 0 Å². The molecule has 1 aliphatic carbocycles. The summed E-state index contributed by atoms with van der Waals surface area (Å²) in [4.78, 5) is 0. The zero-order valence-corrected chi connectivity index (χ0v) is 10.9. The molecule has 0 radical (unpaired) electrons. The quantitative estimate of drug-likeness (QED) is 0.856. The highest BCUT2D eigenvalue weighted by atomic mass is 35.5. The lowest BCUT2D eigenvalue weighted by atomic mass is 9.87. The normalized spacial score (nSPS) is 24.9. The zero-order chi connectivity index (χ0) is 12.3. The highest BCUT2D eigenvalue weighted by Gasteiger charge is 2.18. The average Bonchev–Trinajstić information content (AvgIpc) is 2.30. The molecule has 94 valence electrons. The molecule has 2 atom stereocenters. The molecule has 2 unspecified atom stereocenters. The van der Waals surface area contributed by atoms with E-state index in [-0.39, 0.29) is 5.82 Å². The van der Waals surface area contributed by atoms with Gasteiger partial charge in [0, 0.05) is 17.6 Å². The molecule has 0 heterocycles. The van der Waals surface area contributed by atoms with Crippen LogP contribution in [0, 0.1) is 11.7 Å². The minimum atomic E-state index is -0.219. The lowest BCUT2D eigenvalue weighted by Crippen LogP contribution is -2.33. The maximum absolute atomic E-state index is 13.1. The van der Waals surface area contributed by atoms with Crippen molar-refractivity contribution in [3.63, 3.8) is 0 Å². The van der Waals surface area contributed by atoms with E-state index in [1.54, 1.807) is 6.07 Å². The Kier molecular flexibility index (Phi) is 4.41. The fourth-order valence-corrected chi connectivity index (χ4v) is 2.74. The smallest absolute Gasteiger partial charge is 0.123 e. The Hall–Kier alpha value is -0.600. The third kappa shape index (κ3) is 3.68. The van der Waals surface area contributed by atoms with Crippen molar-refractivity contribution < 1.29 is 4.39 Å². The Morgan fingerprint density at radius 3 is 3.00 bits per heavy atom. The second kappa shape index (κ2) is 5.83. The first kappa shape index (κ1) is 12.8. The van der Waals surface area contributed by atoms with E-state index in [2.05, 4.69) is 12.2 Å². The van der Waals surface area contributed by atoms with Gasteiger partial charge in [-0.3, -0.25) is 0 Å². The summed E-state index contributed by atoms with van der Waals surface area (Å²) in [6.45, 7) is 2.96. The largest absolute Gasteiger partial charge is 0.310 e. The maximum Gasteiger partial charge on any atom is 0.123 e. The summed E-state index contributed by atoms with van der Waals surface area (Å²) < 4.78 is 13.1. The molecular formula is C14H19ClFN. The summed E-state index contributed by atoms with van der Waals surface area (Å²) in [5, 5.41) is 4.13. The molecule has 0 spiro atoms. The van der Waals surface area contributed by atoms with Crippen LogP contribution in [-0.4, -0.2) is 6.04 Å². The molecule has 1 saturated carbocycles. The molecule has 1 aliphatic rings. The van der Waals surface area contributed by atoms with Crippen LogP contribution >= 0.6 is 11.6 Å². The van der Waals surface area contributed by atoms with Crippen molar-refractivity contribution in [2.45, 2.75) is 45.2 Å². The van der Waals surface area contributed by atoms with Crippen LogP contribution in [0.2, 0.25) is 5.02 Å². The van der Waals surface area contributed by atoms with Crippen molar-refractivity contribution in [2.24, 2.45) is 5.92 Å². The summed E-state index contributed by atoms with van der Waals surface area (Å²) in [6.07, 6.45) is 5.05. The van der Waals surface area contributed by atoms with E-state index in [0.717, 1.165) is 11.5 Å². The predicted molar refractivity (Wildman–Crippen MR) is 69.7 cm³/mol. The molecular weight excluding hydrogens is 237 g/mol. The second-order valence-electron chi connectivity index (χ2n) is 5.09. The summed E-state index contributed by atoms with van der Waals surface area (Å²) in [5.41, 5.74) is 0.852. The van der Waals surface area contributed by atoms with Gasteiger partial charge in [-0.15, -0.1) is 0 Å². The van der Waals surface area contributed by atoms with Gasteiger partial charge in [0.1, 0.15) is 5.82 Å². The first-order valence-electron chi connectivity index (χ1n) is 6.32. The molecule has 17 heavy (non-hydrogen) atoms. The minimum absolute atomic E-state index is 0.219. The Labute approximate surface area is 107 Å². The first-order valence-corrected chi connectivity index (χ1v) is 6.70. The lowest BCUT2D eigenvalue weighted by molar-refractivity contribution is 0.300. The number of halogens is 2. The Bertz CT molecular complexity index is 380. The van der Waals surface area contributed by atoms with Gasteiger partial charge >= 0.3 is 0 Å². The molecule has 1 N–H and O–H groups in total. The number of benzene rings is 1. The molecule has 0 aliphatic heterocycles. The van der Waals surface area contributed by atoms with Gasteiger partial charge in [0.2, 0.25) is 0 Å². The molecule has 0 amide bonds. The van der Waals surface area contributed by atoms with Crippen LogP contribution in [0.3, 0.4) is 0 Å². The van der Waals surface area contributed by atoms with E-state index in [4.69, 9.17) is 11.6 Å². The van der Waals surface area contributed by atoms with Crippen molar-refractivity contribution in [1.29, 1.82) is 0 Å². The number of rotatable bonds is 3. The molecule has 0 saturated heterocycles. The van der Waals surface area contributed by atoms with E-state index in [1.807, 2.05) is 0 Å². The predicted octanol–water partition coefficient (Wildman–Crippen LogP) is 4.15. The third-order valence-electron chi connectivity index (χ3n) is 3.53. The van der Waals surface area contributed by atoms with Gasteiger partial charge in [0.25, 0.3) is 0 Å². The van der Waals surface area contributed by atoms with Gasteiger partial charge in [-0.1, -0.05) is 31.4 Å². The van der Waals surface area contributed by atoms with Gasteiger partial charge < -0.3 is 5.32 Å². The standard InChI is InChI=1S/C14H19ClFN/c1-10-3-2-4-13(7-10)17-9-11-8-12(16)5-6-14(11)15/h5-6,8,10,13,17H,2-4,7,9H2,1H3. The van der Waals surface area contributed by atoms with Crippen LogP contribution in [0.4, 0.5) is 4.39 Å². The van der Waals surface area contributed by atoms with Gasteiger partial charge in [-0.2, -0.15) is 0 Å². The van der Waals surface area contributed by atoms with Crippen molar-refractivity contribution in [2.75, 3.05) is 0 Å². The second-order valence-corrected chi connectivity index (χ2v) is 5.49. The van der Waals surface area contributed by atoms with E-state index >= 15 is 0 Å². The van der Waals surface area contributed by atoms with E-state index in [1.165, 1.54) is 37.8 Å². The van der Waals surface area contributed by atoms with Crippen molar-refractivity contribution in [1.82, 2.24) is 5.32 Å². The van der Waals surface area contributed by atoms with Crippen molar-refractivity contribution >= 4 is 11.6 Å².